The Bertz CT molecular complexity index is 960. The number of nitrogens with zero attached hydrogens (tertiary/aromatic N) is 3. The zero-order valence-corrected chi connectivity index (χ0v) is 16.2. The molecule has 134 valence electrons. The normalized spacial score (nSPS) is 15.5. The van der Waals surface area contributed by atoms with Crippen LogP contribution < -0.4 is 0 Å². The van der Waals surface area contributed by atoms with Crippen molar-refractivity contribution in [3.63, 3.8) is 0 Å². The molecule has 0 saturated carbocycles. The highest BCUT2D eigenvalue weighted by molar-refractivity contribution is 9.10. The van der Waals surface area contributed by atoms with Gasteiger partial charge in [0.1, 0.15) is 0 Å². The molecule has 0 radical (unpaired) electrons. The van der Waals surface area contributed by atoms with Gasteiger partial charge in [-0.15, -0.1) is 0 Å². The zero-order valence-electron chi connectivity index (χ0n) is 13.8. The summed E-state index contributed by atoms with van der Waals surface area (Å²) < 4.78 is 27.5. The van der Waals surface area contributed by atoms with Gasteiger partial charge in [0.25, 0.3) is 5.91 Å². The van der Waals surface area contributed by atoms with Crippen LogP contribution in [-0.4, -0.2) is 49.7 Å². The van der Waals surface area contributed by atoms with Crippen LogP contribution in [0.1, 0.15) is 15.9 Å². The van der Waals surface area contributed by atoms with Crippen molar-refractivity contribution in [3.05, 3.63) is 64.1 Å². The minimum absolute atomic E-state index is 0.160. The second kappa shape index (κ2) is 7.58. The molecule has 2 aromatic rings. The number of sulfonamides is 1. The molecular weight excluding hydrogens is 418 g/mol. The predicted molar refractivity (Wildman–Crippen MR) is 100.0 cm³/mol. The maximum absolute atomic E-state index is 12.8. The maximum atomic E-state index is 12.8. The van der Waals surface area contributed by atoms with E-state index >= 15 is 0 Å². The summed E-state index contributed by atoms with van der Waals surface area (Å²) in [6.07, 6.45) is 0. The van der Waals surface area contributed by atoms with E-state index in [9.17, 15) is 13.2 Å². The van der Waals surface area contributed by atoms with Gasteiger partial charge in [0.2, 0.25) is 10.0 Å². The molecule has 1 heterocycles. The largest absolute Gasteiger partial charge is 0.336 e. The van der Waals surface area contributed by atoms with Crippen LogP contribution in [-0.2, 0) is 10.0 Å². The van der Waals surface area contributed by atoms with Gasteiger partial charge in [-0.3, -0.25) is 4.79 Å². The average molecular weight is 434 g/mol. The van der Waals surface area contributed by atoms with Gasteiger partial charge in [0, 0.05) is 36.2 Å². The van der Waals surface area contributed by atoms with Crippen molar-refractivity contribution in [3.8, 4) is 6.07 Å². The number of carbonyl (C=O) groups is 1. The van der Waals surface area contributed by atoms with Gasteiger partial charge < -0.3 is 4.90 Å². The second-order valence-electron chi connectivity index (χ2n) is 5.82. The molecule has 6 nitrogen and oxygen atoms in total. The molecule has 1 aliphatic rings. The number of nitriles is 1. The van der Waals surface area contributed by atoms with Crippen molar-refractivity contribution < 1.29 is 13.2 Å². The molecule has 0 bridgehead atoms. The Balaban J connectivity index is 1.70. The maximum Gasteiger partial charge on any atom is 0.253 e. The number of hydrogen-bond donors (Lipinski definition) is 0. The number of rotatable bonds is 3. The van der Waals surface area contributed by atoms with E-state index in [0.717, 1.165) is 0 Å². The third-order valence-electron chi connectivity index (χ3n) is 4.24. The van der Waals surface area contributed by atoms with E-state index in [1.165, 1.54) is 4.31 Å². The lowest BCUT2D eigenvalue weighted by atomic mass is 10.1. The first-order chi connectivity index (χ1) is 12.4. The van der Waals surface area contributed by atoms with E-state index in [-0.39, 0.29) is 23.9 Å². The average Bonchev–Trinajstić information content (AvgIpc) is 2.68. The molecule has 3 rings (SSSR count). The van der Waals surface area contributed by atoms with Crippen LogP contribution in [0.3, 0.4) is 0 Å². The van der Waals surface area contributed by atoms with Crippen LogP contribution in [0.4, 0.5) is 0 Å². The molecule has 0 atom stereocenters. The lowest BCUT2D eigenvalue weighted by molar-refractivity contribution is 0.0698. The molecule has 1 aliphatic heterocycles. The zero-order chi connectivity index (χ0) is 18.7. The fourth-order valence-corrected chi connectivity index (χ4v) is 5.18. The van der Waals surface area contributed by atoms with Crippen molar-refractivity contribution in [1.82, 2.24) is 9.21 Å². The highest BCUT2D eigenvalue weighted by Gasteiger charge is 2.31. The first-order valence-corrected chi connectivity index (χ1v) is 10.2. The van der Waals surface area contributed by atoms with Gasteiger partial charge >= 0.3 is 0 Å². The van der Waals surface area contributed by atoms with Crippen LogP contribution in [0.25, 0.3) is 0 Å². The quantitative estimate of drug-likeness (QED) is 0.744. The van der Waals surface area contributed by atoms with Crippen molar-refractivity contribution in [1.29, 1.82) is 5.26 Å². The van der Waals surface area contributed by atoms with Gasteiger partial charge in [0.15, 0.2) is 0 Å². The van der Waals surface area contributed by atoms with Gasteiger partial charge in [0.05, 0.1) is 16.5 Å². The Kier molecular flexibility index (Phi) is 5.41. The van der Waals surface area contributed by atoms with Gasteiger partial charge in [-0.1, -0.05) is 12.1 Å². The minimum Gasteiger partial charge on any atom is -0.336 e. The number of piperazine rings is 1. The molecule has 1 amide bonds. The summed E-state index contributed by atoms with van der Waals surface area (Å²) in [4.78, 5) is 14.4. The fraction of sp³-hybridized carbons (Fsp3) is 0.222. The molecule has 2 aromatic carbocycles. The summed E-state index contributed by atoms with van der Waals surface area (Å²) in [5.41, 5.74) is 0.983. The third kappa shape index (κ3) is 3.65. The molecular formula is C18H16BrN3O3S. The highest BCUT2D eigenvalue weighted by Crippen LogP contribution is 2.25. The Labute approximate surface area is 160 Å². The molecule has 1 saturated heterocycles. The van der Waals surface area contributed by atoms with Crippen LogP contribution in [0.15, 0.2) is 57.9 Å². The monoisotopic (exact) mass is 433 g/mol. The van der Waals surface area contributed by atoms with Crippen LogP contribution >= 0.6 is 15.9 Å². The van der Waals surface area contributed by atoms with E-state index in [2.05, 4.69) is 15.9 Å². The Morgan fingerprint density at radius 1 is 1.00 bits per heavy atom. The van der Waals surface area contributed by atoms with Crippen LogP contribution in [0, 0.1) is 11.3 Å². The SMILES string of the molecule is N#Cc1ccc(C(=O)N2CCN(S(=O)(=O)c3ccccc3Br)CC2)cc1. The molecule has 0 aliphatic carbocycles. The van der Waals surface area contributed by atoms with Crippen molar-refractivity contribution >= 4 is 31.9 Å². The Hall–Kier alpha value is -2.21. The van der Waals surface area contributed by atoms with Gasteiger partial charge in [-0.05, 0) is 52.3 Å². The first-order valence-electron chi connectivity index (χ1n) is 7.97. The number of carbonyl (C=O) groups excluding carboxylic acids is 1. The smallest absolute Gasteiger partial charge is 0.253 e. The summed E-state index contributed by atoms with van der Waals surface area (Å²) in [6.45, 7) is 1.13. The van der Waals surface area contributed by atoms with Crippen molar-refractivity contribution in [2.45, 2.75) is 4.90 Å². The van der Waals surface area contributed by atoms with Crippen molar-refractivity contribution in [2.75, 3.05) is 26.2 Å². The predicted octanol–water partition coefficient (Wildman–Crippen LogP) is 2.47. The number of amides is 1. The van der Waals surface area contributed by atoms with Gasteiger partial charge in [-0.25, -0.2) is 8.42 Å². The summed E-state index contributed by atoms with van der Waals surface area (Å²) in [6, 6.07) is 15.1. The minimum atomic E-state index is -3.60. The van der Waals surface area contributed by atoms with Crippen molar-refractivity contribution in [2.24, 2.45) is 0 Å². The van der Waals surface area contributed by atoms with E-state index < -0.39 is 10.0 Å². The topological polar surface area (TPSA) is 81.5 Å². The second-order valence-corrected chi connectivity index (χ2v) is 8.58. The van der Waals surface area contributed by atoms with E-state index in [0.29, 0.717) is 28.7 Å². The molecule has 8 heteroatoms. The first kappa shape index (κ1) is 18.6. The molecule has 26 heavy (non-hydrogen) atoms. The number of halogens is 1. The highest BCUT2D eigenvalue weighted by atomic mass is 79.9. The summed E-state index contributed by atoms with van der Waals surface area (Å²) in [5.74, 6) is -0.160. The molecule has 1 fully saturated rings. The number of benzene rings is 2. The van der Waals surface area contributed by atoms with E-state index in [1.807, 2.05) is 6.07 Å². The summed E-state index contributed by atoms with van der Waals surface area (Å²) >= 11 is 3.28. The molecule has 0 N–H and O–H groups in total. The third-order valence-corrected chi connectivity index (χ3v) is 7.15. The number of hydrogen-bond acceptors (Lipinski definition) is 4. The lowest BCUT2D eigenvalue weighted by Gasteiger charge is -2.34. The van der Waals surface area contributed by atoms with E-state index in [1.54, 1.807) is 53.4 Å². The lowest BCUT2D eigenvalue weighted by Crippen LogP contribution is -2.50. The van der Waals surface area contributed by atoms with Crippen LogP contribution in [0.2, 0.25) is 0 Å². The molecule has 0 spiro atoms. The van der Waals surface area contributed by atoms with Gasteiger partial charge in [-0.2, -0.15) is 9.57 Å². The fourth-order valence-electron chi connectivity index (χ4n) is 2.79. The molecule has 0 aromatic heterocycles. The molecule has 0 unspecified atom stereocenters. The van der Waals surface area contributed by atoms with E-state index in [4.69, 9.17) is 5.26 Å². The Morgan fingerprint density at radius 2 is 1.62 bits per heavy atom. The van der Waals surface area contributed by atoms with Crippen LogP contribution in [0.5, 0.6) is 0 Å². The summed E-state index contributed by atoms with van der Waals surface area (Å²) in [7, 11) is -3.60. The summed E-state index contributed by atoms with van der Waals surface area (Å²) in [5, 5.41) is 8.82. The Morgan fingerprint density at radius 3 is 2.19 bits per heavy atom. The standard InChI is InChI=1S/C18H16BrN3O3S/c19-16-3-1-2-4-17(16)26(24,25)22-11-9-21(10-12-22)18(23)15-7-5-14(13-20)6-8-15/h1-8H,9-12H2.